The lowest BCUT2D eigenvalue weighted by Gasteiger charge is -2.31. The lowest BCUT2D eigenvalue weighted by molar-refractivity contribution is 0.183. The number of pyridine rings is 1. The highest BCUT2D eigenvalue weighted by Crippen LogP contribution is 2.17. The Bertz CT molecular complexity index is 352. The molecule has 3 nitrogen and oxygen atoms in total. The van der Waals surface area contributed by atoms with E-state index in [0.29, 0.717) is 6.54 Å². The highest BCUT2D eigenvalue weighted by Gasteiger charge is 2.19. The third-order valence-corrected chi connectivity index (χ3v) is 3.25. The van der Waals surface area contributed by atoms with E-state index >= 15 is 0 Å². The highest BCUT2D eigenvalue weighted by molar-refractivity contribution is 9.10. The lowest BCUT2D eigenvalue weighted by atomic mass is 9.93. The van der Waals surface area contributed by atoms with Crippen LogP contribution in [0.4, 0.5) is 0 Å². The molecule has 0 atom stereocenters. The largest absolute Gasteiger partial charge is 0.330 e. The van der Waals surface area contributed by atoms with Gasteiger partial charge in [0.25, 0.3) is 0 Å². The van der Waals surface area contributed by atoms with Crippen LogP contribution in [0.2, 0.25) is 0 Å². The highest BCUT2D eigenvalue weighted by atomic mass is 79.9. The molecule has 0 spiro atoms. The molecule has 0 aliphatic carbocycles. The number of hydrogen-bond acceptors (Lipinski definition) is 3. The summed E-state index contributed by atoms with van der Waals surface area (Å²) >= 11 is 3.45. The van der Waals surface area contributed by atoms with Gasteiger partial charge in [-0.3, -0.25) is 9.88 Å². The van der Waals surface area contributed by atoms with Gasteiger partial charge >= 0.3 is 0 Å². The fourth-order valence-corrected chi connectivity index (χ4v) is 2.16. The van der Waals surface area contributed by atoms with Gasteiger partial charge in [-0.05, 0) is 46.1 Å². The molecule has 1 heterocycles. The molecule has 4 heteroatoms. The molecule has 0 unspecified atom stereocenters. The number of aromatic nitrogens is 1. The fourth-order valence-electron chi connectivity index (χ4n) is 1.75. The van der Waals surface area contributed by atoms with Crippen molar-refractivity contribution in [2.75, 3.05) is 19.6 Å². The van der Waals surface area contributed by atoms with Crippen LogP contribution in [0.25, 0.3) is 0 Å². The van der Waals surface area contributed by atoms with Crippen molar-refractivity contribution in [1.29, 1.82) is 0 Å². The molecule has 17 heavy (non-hydrogen) atoms. The normalized spacial score (nSPS) is 12.1. The van der Waals surface area contributed by atoms with E-state index in [4.69, 9.17) is 5.73 Å². The van der Waals surface area contributed by atoms with Crippen LogP contribution in [0.5, 0.6) is 0 Å². The van der Waals surface area contributed by atoms with E-state index in [1.807, 2.05) is 12.4 Å². The van der Waals surface area contributed by atoms with Crippen molar-refractivity contribution < 1.29 is 0 Å². The van der Waals surface area contributed by atoms with Crippen LogP contribution in [0, 0.1) is 5.41 Å². The van der Waals surface area contributed by atoms with Crippen molar-refractivity contribution in [1.82, 2.24) is 9.88 Å². The summed E-state index contributed by atoms with van der Waals surface area (Å²) in [5.41, 5.74) is 7.17. The van der Waals surface area contributed by atoms with Crippen molar-refractivity contribution in [2.45, 2.75) is 27.3 Å². The first-order valence-corrected chi connectivity index (χ1v) is 6.78. The van der Waals surface area contributed by atoms with Crippen LogP contribution in [0.15, 0.2) is 22.9 Å². The third-order valence-electron chi connectivity index (χ3n) is 2.82. The fraction of sp³-hybridized carbons (Fsp3) is 0.615. The molecule has 0 radical (unpaired) electrons. The summed E-state index contributed by atoms with van der Waals surface area (Å²) in [6.07, 6.45) is 3.73. The van der Waals surface area contributed by atoms with E-state index in [9.17, 15) is 0 Å². The van der Waals surface area contributed by atoms with Crippen LogP contribution in [-0.4, -0.2) is 29.5 Å². The minimum absolute atomic E-state index is 0.162. The van der Waals surface area contributed by atoms with Gasteiger partial charge in [0.15, 0.2) is 0 Å². The second-order valence-corrected chi connectivity index (χ2v) is 6.10. The lowest BCUT2D eigenvalue weighted by Crippen LogP contribution is -2.38. The molecule has 1 rings (SSSR count). The molecule has 2 N–H and O–H groups in total. The molecule has 0 bridgehead atoms. The summed E-state index contributed by atoms with van der Waals surface area (Å²) in [5.74, 6) is 0. The summed E-state index contributed by atoms with van der Waals surface area (Å²) in [6, 6.07) is 2.12. The molecule has 0 aromatic carbocycles. The van der Waals surface area contributed by atoms with Gasteiger partial charge < -0.3 is 5.73 Å². The minimum atomic E-state index is 0.162. The van der Waals surface area contributed by atoms with Gasteiger partial charge in [-0.1, -0.05) is 20.8 Å². The minimum Gasteiger partial charge on any atom is -0.330 e. The SMILES string of the molecule is CCN(Cc1cncc(Br)c1)CC(C)(C)CN. The molecule has 0 aliphatic heterocycles. The van der Waals surface area contributed by atoms with Crippen molar-refractivity contribution in [3.8, 4) is 0 Å². The molecular weight excluding hydrogens is 278 g/mol. The molecule has 0 fully saturated rings. The van der Waals surface area contributed by atoms with E-state index in [2.05, 4.69) is 52.7 Å². The number of rotatable bonds is 6. The van der Waals surface area contributed by atoms with Crippen LogP contribution < -0.4 is 5.73 Å². The van der Waals surface area contributed by atoms with E-state index in [0.717, 1.165) is 24.1 Å². The Morgan fingerprint density at radius 3 is 2.65 bits per heavy atom. The Kier molecular flexibility index (Phi) is 5.56. The van der Waals surface area contributed by atoms with Crippen molar-refractivity contribution in [2.24, 2.45) is 11.1 Å². The number of hydrogen-bond donors (Lipinski definition) is 1. The first-order valence-electron chi connectivity index (χ1n) is 5.98. The number of nitrogens with zero attached hydrogens (tertiary/aromatic N) is 2. The molecule has 0 aliphatic rings. The molecule has 1 aromatic heterocycles. The van der Waals surface area contributed by atoms with Crippen molar-refractivity contribution >= 4 is 15.9 Å². The second-order valence-electron chi connectivity index (χ2n) is 5.18. The zero-order valence-corrected chi connectivity index (χ0v) is 12.5. The van der Waals surface area contributed by atoms with Gasteiger partial charge in [0.1, 0.15) is 0 Å². The Morgan fingerprint density at radius 2 is 2.12 bits per heavy atom. The average Bonchev–Trinajstić information content (AvgIpc) is 2.28. The second kappa shape index (κ2) is 6.47. The van der Waals surface area contributed by atoms with Crippen LogP contribution >= 0.6 is 15.9 Å². The number of nitrogens with two attached hydrogens (primary N) is 1. The summed E-state index contributed by atoms with van der Waals surface area (Å²) in [6.45, 7) is 10.2. The molecule has 1 aromatic rings. The van der Waals surface area contributed by atoms with Crippen LogP contribution in [-0.2, 0) is 6.54 Å². The standard InChI is InChI=1S/C13H22BrN3/c1-4-17(10-13(2,3)9-15)8-11-5-12(14)7-16-6-11/h5-7H,4,8-10,15H2,1-3H3. The quantitative estimate of drug-likeness (QED) is 0.878. The van der Waals surface area contributed by atoms with Gasteiger partial charge in [-0.25, -0.2) is 0 Å². The van der Waals surface area contributed by atoms with Gasteiger partial charge in [0.2, 0.25) is 0 Å². The first kappa shape index (κ1) is 14.6. The predicted molar refractivity (Wildman–Crippen MR) is 75.7 cm³/mol. The summed E-state index contributed by atoms with van der Waals surface area (Å²) in [7, 11) is 0. The van der Waals surface area contributed by atoms with Crippen molar-refractivity contribution in [3.05, 3.63) is 28.5 Å². The summed E-state index contributed by atoms with van der Waals surface area (Å²) in [4.78, 5) is 6.59. The smallest absolute Gasteiger partial charge is 0.0410 e. The number of halogens is 1. The topological polar surface area (TPSA) is 42.2 Å². The predicted octanol–water partition coefficient (Wildman–Crippen LogP) is 2.65. The van der Waals surface area contributed by atoms with E-state index < -0.39 is 0 Å². The molecule has 0 saturated carbocycles. The average molecular weight is 300 g/mol. The van der Waals surface area contributed by atoms with E-state index in [1.165, 1.54) is 5.56 Å². The Labute approximate surface area is 113 Å². The molecule has 0 saturated heterocycles. The summed E-state index contributed by atoms with van der Waals surface area (Å²) in [5, 5.41) is 0. The molecule has 0 amide bonds. The zero-order valence-electron chi connectivity index (χ0n) is 10.9. The maximum Gasteiger partial charge on any atom is 0.0410 e. The van der Waals surface area contributed by atoms with Crippen LogP contribution in [0.1, 0.15) is 26.3 Å². The third kappa shape index (κ3) is 5.15. The van der Waals surface area contributed by atoms with E-state index in [-0.39, 0.29) is 5.41 Å². The Hall–Kier alpha value is -0.450. The van der Waals surface area contributed by atoms with Gasteiger partial charge in [0.05, 0.1) is 0 Å². The maximum atomic E-state index is 5.78. The van der Waals surface area contributed by atoms with E-state index in [1.54, 1.807) is 0 Å². The van der Waals surface area contributed by atoms with Gasteiger partial charge in [-0.15, -0.1) is 0 Å². The van der Waals surface area contributed by atoms with Crippen molar-refractivity contribution in [3.63, 3.8) is 0 Å². The molecular formula is C13H22BrN3. The Balaban J connectivity index is 2.64. The summed E-state index contributed by atoms with van der Waals surface area (Å²) < 4.78 is 1.03. The molecule has 96 valence electrons. The Morgan fingerprint density at radius 1 is 1.41 bits per heavy atom. The van der Waals surface area contributed by atoms with Gasteiger partial charge in [-0.2, -0.15) is 0 Å². The first-order chi connectivity index (χ1) is 7.96. The zero-order chi connectivity index (χ0) is 12.9. The van der Waals surface area contributed by atoms with Crippen LogP contribution in [0.3, 0.4) is 0 Å². The van der Waals surface area contributed by atoms with Gasteiger partial charge in [0, 0.05) is 30.0 Å². The maximum absolute atomic E-state index is 5.78. The monoisotopic (exact) mass is 299 g/mol.